The van der Waals surface area contributed by atoms with Crippen molar-refractivity contribution < 1.29 is 9.53 Å². The first-order valence-corrected chi connectivity index (χ1v) is 6.36. The predicted molar refractivity (Wildman–Crippen MR) is 78.8 cm³/mol. The Hall–Kier alpha value is -1.55. The van der Waals surface area contributed by atoms with Crippen LogP contribution in [0.5, 0.6) is 5.75 Å². The number of hydrogen-bond acceptors (Lipinski definition) is 3. The predicted octanol–water partition coefficient (Wildman–Crippen LogP) is 2.40. The van der Waals surface area contributed by atoms with Crippen LogP contribution in [0.15, 0.2) is 12.1 Å². The molecule has 0 aromatic heterocycles. The molecule has 0 saturated carbocycles. The number of carbonyl (C=O) groups is 1. The van der Waals surface area contributed by atoms with E-state index in [0.717, 1.165) is 16.8 Å². The number of rotatable bonds is 4. The molecule has 0 bridgehead atoms. The third-order valence-electron chi connectivity index (χ3n) is 2.95. The fourth-order valence-corrected chi connectivity index (χ4v) is 2.14. The van der Waals surface area contributed by atoms with Crippen LogP contribution in [0.2, 0.25) is 0 Å². The number of hydrogen-bond donors (Lipinski definition) is 1. The molecule has 0 spiro atoms. The molecule has 0 heterocycles. The van der Waals surface area contributed by atoms with E-state index in [1.54, 1.807) is 19.1 Å². The maximum absolute atomic E-state index is 12.3. The van der Waals surface area contributed by atoms with Gasteiger partial charge in [-0.3, -0.25) is 4.79 Å². The molecule has 0 aliphatic rings. The maximum Gasteiger partial charge on any atom is 0.228 e. The quantitative estimate of drug-likeness (QED) is 0.908. The molecular weight excluding hydrogens is 240 g/mol. The van der Waals surface area contributed by atoms with E-state index in [9.17, 15) is 4.79 Å². The lowest BCUT2D eigenvalue weighted by Crippen LogP contribution is -2.40. The minimum Gasteiger partial charge on any atom is -0.495 e. The average molecular weight is 264 g/mol. The molecule has 2 N–H and O–H groups in total. The first-order valence-electron chi connectivity index (χ1n) is 6.36. The van der Waals surface area contributed by atoms with Gasteiger partial charge in [0.2, 0.25) is 5.91 Å². The fraction of sp³-hybridized carbons (Fsp3) is 0.533. The minimum atomic E-state index is -0.517. The minimum absolute atomic E-state index is 0.0160. The molecule has 106 valence electrons. The topological polar surface area (TPSA) is 55.6 Å². The van der Waals surface area contributed by atoms with Gasteiger partial charge < -0.3 is 15.4 Å². The van der Waals surface area contributed by atoms with Crippen LogP contribution < -0.4 is 15.4 Å². The van der Waals surface area contributed by atoms with Gasteiger partial charge >= 0.3 is 0 Å². The number of nitrogens with two attached hydrogens (primary N) is 1. The molecule has 0 saturated heterocycles. The van der Waals surface area contributed by atoms with Gasteiger partial charge in [-0.2, -0.15) is 0 Å². The average Bonchev–Trinajstić information content (AvgIpc) is 2.24. The van der Waals surface area contributed by atoms with Crippen LogP contribution in [0.25, 0.3) is 0 Å². The number of aryl methyl sites for hydroxylation is 2. The van der Waals surface area contributed by atoms with Gasteiger partial charge in [0.15, 0.2) is 0 Å². The molecule has 4 nitrogen and oxygen atoms in total. The van der Waals surface area contributed by atoms with E-state index in [1.165, 1.54) is 0 Å². The standard InChI is InChI=1S/C15H24N2O2/c1-10-7-11(2)14(12(8-10)19-6)17(5)13(18)9-15(3,4)16/h7-8H,9,16H2,1-6H3. The zero-order chi connectivity index (χ0) is 14.8. The Morgan fingerprint density at radius 3 is 2.42 bits per heavy atom. The van der Waals surface area contributed by atoms with Gasteiger partial charge in [-0.25, -0.2) is 0 Å². The summed E-state index contributed by atoms with van der Waals surface area (Å²) in [4.78, 5) is 13.9. The molecule has 4 heteroatoms. The largest absolute Gasteiger partial charge is 0.495 e. The number of carbonyl (C=O) groups excluding carboxylic acids is 1. The Labute approximate surface area is 115 Å². The second kappa shape index (κ2) is 5.61. The highest BCUT2D eigenvalue weighted by Crippen LogP contribution is 2.33. The van der Waals surface area contributed by atoms with Crippen LogP contribution in [0.1, 0.15) is 31.4 Å². The zero-order valence-corrected chi connectivity index (χ0v) is 12.7. The van der Waals surface area contributed by atoms with Crippen molar-refractivity contribution in [2.75, 3.05) is 19.1 Å². The lowest BCUT2D eigenvalue weighted by atomic mass is 10.0. The highest BCUT2D eigenvalue weighted by molar-refractivity contribution is 5.95. The Balaban J connectivity index is 3.12. The van der Waals surface area contributed by atoms with Crippen LogP contribution in [0.3, 0.4) is 0 Å². The number of anilines is 1. The second-order valence-corrected chi connectivity index (χ2v) is 5.75. The van der Waals surface area contributed by atoms with Crippen molar-refractivity contribution in [3.8, 4) is 5.75 Å². The molecule has 0 aliphatic carbocycles. The molecular formula is C15H24N2O2. The zero-order valence-electron chi connectivity index (χ0n) is 12.7. The van der Waals surface area contributed by atoms with Crippen LogP contribution >= 0.6 is 0 Å². The normalized spacial score (nSPS) is 11.3. The monoisotopic (exact) mass is 264 g/mol. The first kappa shape index (κ1) is 15.5. The van der Waals surface area contributed by atoms with Gasteiger partial charge in [0, 0.05) is 19.0 Å². The molecule has 1 aromatic rings. The van der Waals surface area contributed by atoms with Crippen LogP contribution in [-0.4, -0.2) is 25.6 Å². The van der Waals surface area contributed by atoms with Gasteiger partial charge in [0.05, 0.1) is 12.8 Å². The Morgan fingerprint density at radius 2 is 1.95 bits per heavy atom. The highest BCUT2D eigenvalue weighted by atomic mass is 16.5. The van der Waals surface area contributed by atoms with Gasteiger partial charge in [0.25, 0.3) is 0 Å². The first-order chi connectivity index (χ1) is 8.65. The number of benzene rings is 1. The van der Waals surface area contributed by atoms with E-state index in [1.807, 2.05) is 39.8 Å². The van der Waals surface area contributed by atoms with Crippen molar-refractivity contribution in [1.82, 2.24) is 0 Å². The summed E-state index contributed by atoms with van der Waals surface area (Å²) in [6, 6.07) is 3.97. The Morgan fingerprint density at radius 1 is 1.37 bits per heavy atom. The molecule has 1 rings (SSSR count). The molecule has 1 amide bonds. The summed E-state index contributed by atoms with van der Waals surface area (Å²) in [7, 11) is 3.37. The molecule has 0 atom stereocenters. The van der Waals surface area contributed by atoms with Crippen molar-refractivity contribution in [3.05, 3.63) is 23.3 Å². The van der Waals surface area contributed by atoms with Crippen molar-refractivity contribution >= 4 is 11.6 Å². The number of ether oxygens (including phenoxy) is 1. The summed E-state index contributed by atoms with van der Waals surface area (Å²) in [5, 5.41) is 0. The third-order valence-corrected chi connectivity index (χ3v) is 2.95. The summed E-state index contributed by atoms with van der Waals surface area (Å²) in [6.07, 6.45) is 0.292. The SMILES string of the molecule is COc1cc(C)cc(C)c1N(C)C(=O)CC(C)(C)N. The molecule has 0 radical (unpaired) electrons. The van der Waals surface area contributed by atoms with Crippen molar-refractivity contribution in [2.24, 2.45) is 5.73 Å². The summed E-state index contributed by atoms with van der Waals surface area (Å²) in [6.45, 7) is 7.67. The maximum atomic E-state index is 12.3. The van der Waals surface area contributed by atoms with Gasteiger partial charge in [-0.15, -0.1) is 0 Å². The second-order valence-electron chi connectivity index (χ2n) is 5.75. The van der Waals surface area contributed by atoms with Crippen LogP contribution in [0.4, 0.5) is 5.69 Å². The summed E-state index contributed by atoms with van der Waals surface area (Å²) < 4.78 is 5.38. The molecule has 0 aliphatic heterocycles. The Kier molecular flexibility index (Phi) is 4.58. The van der Waals surface area contributed by atoms with E-state index < -0.39 is 5.54 Å². The van der Waals surface area contributed by atoms with Gasteiger partial charge in [-0.05, 0) is 44.9 Å². The number of nitrogens with zero attached hydrogens (tertiary/aromatic N) is 1. The molecule has 0 fully saturated rings. The highest BCUT2D eigenvalue weighted by Gasteiger charge is 2.23. The van der Waals surface area contributed by atoms with Crippen molar-refractivity contribution in [3.63, 3.8) is 0 Å². The Bertz CT molecular complexity index is 476. The van der Waals surface area contributed by atoms with E-state index in [2.05, 4.69) is 0 Å². The van der Waals surface area contributed by atoms with E-state index in [-0.39, 0.29) is 5.91 Å². The van der Waals surface area contributed by atoms with Crippen molar-refractivity contribution in [1.29, 1.82) is 0 Å². The molecule has 1 aromatic carbocycles. The summed E-state index contributed by atoms with van der Waals surface area (Å²) in [5.41, 5.74) is 8.32. The van der Waals surface area contributed by atoms with E-state index >= 15 is 0 Å². The van der Waals surface area contributed by atoms with E-state index in [4.69, 9.17) is 10.5 Å². The van der Waals surface area contributed by atoms with Crippen LogP contribution in [0, 0.1) is 13.8 Å². The number of amides is 1. The fourth-order valence-electron chi connectivity index (χ4n) is 2.14. The van der Waals surface area contributed by atoms with Gasteiger partial charge in [0.1, 0.15) is 5.75 Å². The van der Waals surface area contributed by atoms with Gasteiger partial charge in [-0.1, -0.05) is 6.07 Å². The van der Waals surface area contributed by atoms with Crippen molar-refractivity contribution in [2.45, 2.75) is 39.7 Å². The van der Waals surface area contributed by atoms with E-state index in [0.29, 0.717) is 12.2 Å². The summed E-state index contributed by atoms with van der Waals surface area (Å²) >= 11 is 0. The molecule has 19 heavy (non-hydrogen) atoms. The smallest absolute Gasteiger partial charge is 0.228 e. The van der Waals surface area contributed by atoms with Crippen LogP contribution in [-0.2, 0) is 4.79 Å². The third kappa shape index (κ3) is 3.96. The lowest BCUT2D eigenvalue weighted by molar-refractivity contribution is -0.119. The lowest BCUT2D eigenvalue weighted by Gasteiger charge is -2.26. The molecule has 0 unspecified atom stereocenters. The number of methoxy groups -OCH3 is 1. The summed E-state index contributed by atoms with van der Waals surface area (Å²) in [5.74, 6) is 0.695.